The van der Waals surface area contributed by atoms with Crippen molar-refractivity contribution in [1.82, 2.24) is 15.0 Å². The molecule has 0 radical (unpaired) electrons. The van der Waals surface area contributed by atoms with Crippen molar-refractivity contribution in [2.75, 3.05) is 36.0 Å². The third-order valence-corrected chi connectivity index (χ3v) is 6.72. The number of hydrogen-bond donors (Lipinski definition) is 0. The van der Waals surface area contributed by atoms with Crippen LogP contribution in [0.2, 0.25) is 0 Å². The second-order valence-corrected chi connectivity index (χ2v) is 8.13. The maximum Gasteiger partial charge on any atom is 0.146 e. The Morgan fingerprint density at radius 2 is 1.74 bits per heavy atom. The predicted molar refractivity (Wildman–Crippen MR) is 107 cm³/mol. The lowest BCUT2D eigenvalue weighted by molar-refractivity contribution is 0.642. The van der Waals surface area contributed by atoms with E-state index < -0.39 is 0 Å². The topological polar surface area (TPSA) is 68.9 Å². The Morgan fingerprint density at radius 3 is 2.56 bits per heavy atom. The van der Waals surface area contributed by atoms with Gasteiger partial charge in [0.2, 0.25) is 0 Å². The fourth-order valence-electron chi connectivity index (χ4n) is 4.18. The molecule has 2 aliphatic rings. The molecule has 6 nitrogen and oxygen atoms in total. The van der Waals surface area contributed by atoms with Crippen molar-refractivity contribution >= 4 is 33.2 Å². The van der Waals surface area contributed by atoms with Gasteiger partial charge in [0.1, 0.15) is 28.9 Å². The zero-order valence-corrected chi connectivity index (χ0v) is 15.9. The average molecular weight is 376 g/mol. The number of rotatable bonds is 2. The van der Waals surface area contributed by atoms with E-state index in [9.17, 15) is 5.26 Å². The second kappa shape index (κ2) is 6.78. The number of anilines is 2. The molecule has 0 N–H and O–H groups in total. The minimum atomic E-state index is 0.641. The normalized spacial score (nSPS) is 17.0. The molecule has 3 aromatic rings. The van der Waals surface area contributed by atoms with Crippen LogP contribution < -0.4 is 9.80 Å². The molecule has 3 aromatic heterocycles. The highest BCUT2D eigenvalue weighted by molar-refractivity contribution is 7.19. The van der Waals surface area contributed by atoms with E-state index >= 15 is 0 Å². The number of aryl methyl sites for hydroxylation is 2. The van der Waals surface area contributed by atoms with Gasteiger partial charge in [0.15, 0.2) is 0 Å². The first kappa shape index (κ1) is 16.5. The van der Waals surface area contributed by atoms with E-state index in [1.807, 2.05) is 23.5 Å². The molecule has 1 fully saturated rings. The fourth-order valence-corrected chi connectivity index (χ4v) is 5.40. The third kappa shape index (κ3) is 2.81. The van der Waals surface area contributed by atoms with Gasteiger partial charge in [-0.3, -0.25) is 0 Å². The number of nitrogens with zero attached hydrogens (tertiary/aromatic N) is 6. The van der Waals surface area contributed by atoms with Crippen molar-refractivity contribution in [3.8, 4) is 6.07 Å². The summed E-state index contributed by atoms with van der Waals surface area (Å²) in [6.45, 7) is 3.42. The smallest absolute Gasteiger partial charge is 0.146 e. The number of hydrogen-bond acceptors (Lipinski definition) is 7. The van der Waals surface area contributed by atoms with Gasteiger partial charge in [-0.1, -0.05) is 0 Å². The van der Waals surface area contributed by atoms with E-state index in [1.54, 1.807) is 12.5 Å². The van der Waals surface area contributed by atoms with Gasteiger partial charge >= 0.3 is 0 Å². The fraction of sp³-hybridized carbons (Fsp3) is 0.400. The highest BCUT2D eigenvalue weighted by Crippen LogP contribution is 2.39. The van der Waals surface area contributed by atoms with E-state index in [1.165, 1.54) is 35.1 Å². The maximum atomic E-state index is 9.34. The van der Waals surface area contributed by atoms with E-state index in [2.05, 4.69) is 30.8 Å². The van der Waals surface area contributed by atoms with Crippen LogP contribution in [0, 0.1) is 11.3 Å². The van der Waals surface area contributed by atoms with Gasteiger partial charge in [-0.05, 0) is 43.4 Å². The molecule has 0 bridgehead atoms. The molecule has 1 aliphatic heterocycles. The molecule has 0 spiro atoms. The standard InChI is InChI=1S/C20H20N6S/c21-12-14-4-3-7-22-18(14)25-8-10-26(11-9-25)19-17-15-5-1-2-6-16(15)27-20(17)24-13-23-19/h3-4,7,13H,1-2,5-6,8-11H2. The molecule has 7 heteroatoms. The molecule has 0 atom stereocenters. The Labute approximate surface area is 162 Å². The Balaban J connectivity index is 1.43. The summed E-state index contributed by atoms with van der Waals surface area (Å²) < 4.78 is 0. The van der Waals surface area contributed by atoms with Crippen LogP contribution in [-0.2, 0) is 12.8 Å². The third-order valence-electron chi connectivity index (χ3n) is 5.52. The first-order valence-electron chi connectivity index (χ1n) is 9.45. The van der Waals surface area contributed by atoms with E-state index in [0.29, 0.717) is 5.56 Å². The first-order valence-corrected chi connectivity index (χ1v) is 10.3. The molecule has 4 heterocycles. The Bertz CT molecular complexity index is 1030. The zero-order valence-electron chi connectivity index (χ0n) is 15.1. The first-order chi connectivity index (χ1) is 13.3. The van der Waals surface area contributed by atoms with Gasteiger partial charge in [-0.2, -0.15) is 5.26 Å². The Morgan fingerprint density at radius 1 is 0.963 bits per heavy atom. The zero-order chi connectivity index (χ0) is 18.2. The summed E-state index contributed by atoms with van der Waals surface area (Å²) >= 11 is 1.85. The van der Waals surface area contributed by atoms with Crippen LogP contribution in [0.5, 0.6) is 0 Å². The number of piperazine rings is 1. The quantitative estimate of drug-likeness (QED) is 0.684. The monoisotopic (exact) mass is 376 g/mol. The lowest BCUT2D eigenvalue weighted by Gasteiger charge is -2.36. The number of aromatic nitrogens is 3. The molecule has 27 heavy (non-hydrogen) atoms. The van der Waals surface area contributed by atoms with Crippen LogP contribution in [0.3, 0.4) is 0 Å². The Kier molecular flexibility index (Phi) is 4.13. The van der Waals surface area contributed by atoms with Gasteiger partial charge in [0.05, 0.1) is 10.9 Å². The molecule has 0 aromatic carbocycles. The number of thiophene rings is 1. The Hall–Kier alpha value is -2.72. The summed E-state index contributed by atoms with van der Waals surface area (Å²) in [5.41, 5.74) is 2.12. The van der Waals surface area contributed by atoms with Gasteiger partial charge < -0.3 is 9.80 Å². The van der Waals surface area contributed by atoms with Crippen LogP contribution in [0.25, 0.3) is 10.2 Å². The molecule has 0 saturated carbocycles. The molecular weight excluding hydrogens is 356 g/mol. The summed E-state index contributed by atoms with van der Waals surface area (Å²) in [6.07, 6.45) is 8.34. The molecule has 136 valence electrons. The van der Waals surface area contributed by atoms with Crippen molar-refractivity contribution in [2.45, 2.75) is 25.7 Å². The van der Waals surface area contributed by atoms with Gasteiger partial charge in [0, 0.05) is 37.3 Å². The molecule has 0 amide bonds. The molecule has 1 aliphatic carbocycles. The molecule has 1 saturated heterocycles. The minimum Gasteiger partial charge on any atom is -0.352 e. The summed E-state index contributed by atoms with van der Waals surface area (Å²) in [5.74, 6) is 1.88. The van der Waals surface area contributed by atoms with Gasteiger partial charge in [-0.15, -0.1) is 11.3 Å². The lowest BCUT2D eigenvalue weighted by Crippen LogP contribution is -2.47. The SMILES string of the molecule is N#Cc1cccnc1N1CCN(c2ncnc3sc4c(c23)CCCC4)CC1. The van der Waals surface area contributed by atoms with Crippen LogP contribution in [0.4, 0.5) is 11.6 Å². The van der Waals surface area contributed by atoms with Crippen molar-refractivity contribution < 1.29 is 0 Å². The van der Waals surface area contributed by atoms with Gasteiger partial charge in [-0.25, -0.2) is 15.0 Å². The van der Waals surface area contributed by atoms with Crippen LogP contribution in [-0.4, -0.2) is 41.1 Å². The minimum absolute atomic E-state index is 0.641. The number of fused-ring (bicyclic) bond motifs is 3. The van der Waals surface area contributed by atoms with Crippen molar-refractivity contribution in [1.29, 1.82) is 5.26 Å². The van der Waals surface area contributed by atoms with Gasteiger partial charge in [0.25, 0.3) is 0 Å². The molecular formula is C20H20N6S. The summed E-state index contributed by atoms with van der Waals surface area (Å²) in [4.78, 5) is 20.9. The van der Waals surface area contributed by atoms with Crippen LogP contribution in [0.1, 0.15) is 28.8 Å². The van der Waals surface area contributed by atoms with Crippen molar-refractivity contribution in [3.05, 3.63) is 40.7 Å². The van der Waals surface area contributed by atoms with E-state index in [-0.39, 0.29) is 0 Å². The van der Waals surface area contributed by atoms with Crippen molar-refractivity contribution in [2.24, 2.45) is 0 Å². The predicted octanol–water partition coefficient (Wildman–Crippen LogP) is 3.16. The molecule has 0 unspecified atom stereocenters. The highest BCUT2D eigenvalue weighted by atomic mass is 32.1. The average Bonchev–Trinajstić information content (AvgIpc) is 3.12. The van der Waals surface area contributed by atoms with Crippen molar-refractivity contribution in [3.63, 3.8) is 0 Å². The van der Waals surface area contributed by atoms with E-state index in [4.69, 9.17) is 0 Å². The second-order valence-electron chi connectivity index (χ2n) is 7.05. The van der Waals surface area contributed by atoms with Crippen LogP contribution >= 0.6 is 11.3 Å². The van der Waals surface area contributed by atoms with E-state index in [0.717, 1.165) is 49.1 Å². The molecule has 5 rings (SSSR count). The van der Waals surface area contributed by atoms with Crippen LogP contribution in [0.15, 0.2) is 24.7 Å². The largest absolute Gasteiger partial charge is 0.352 e. The summed E-state index contributed by atoms with van der Waals surface area (Å²) in [5, 5.41) is 10.6. The highest BCUT2D eigenvalue weighted by Gasteiger charge is 2.26. The maximum absolute atomic E-state index is 9.34. The lowest BCUT2D eigenvalue weighted by atomic mass is 9.97. The summed E-state index contributed by atoms with van der Waals surface area (Å²) in [7, 11) is 0. The summed E-state index contributed by atoms with van der Waals surface area (Å²) in [6, 6.07) is 5.90. The number of pyridine rings is 1. The number of nitriles is 1.